The number of aryl methyl sites for hydroxylation is 2. The molecule has 3 heteroatoms. The molecule has 0 aliphatic carbocycles. The quantitative estimate of drug-likeness (QED) is 0.880. The maximum Gasteiger partial charge on any atom is 0.274 e. The van der Waals surface area contributed by atoms with E-state index in [0.29, 0.717) is 12.2 Å². The fourth-order valence-corrected chi connectivity index (χ4v) is 2.06. The van der Waals surface area contributed by atoms with E-state index < -0.39 is 0 Å². The number of hydrogen-bond donors (Lipinski definition) is 1. The third kappa shape index (κ3) is 2.04. The number of nitrogens with zero attached hydrogens (tertiary/aromatic N) is 1. The van der Waals surface area contributed by atoms with E-state index in [2.05, 4.69) is 26.0 Å². The summed E-state index contributed by atoms with van der Waals surface area (Å²) in [5, 5.41) is 0. The Labute approximate surface area is 107 Å². The zero-order valence-corrected chi connectivity index (χ0v) is 11.0. The molecule has 1 aromatic heterocycles. The van der Waals surface area contributed by atoms with Crippen molar-refractivity contribution in [2.75, 3.05) is 5.73 Å². The molecule has 0 atom stereocenters. The van der Waals surface area contributed by atoms with E-state index in [-0.39, 0.29) is 5.56 Å². The van der Waals surface area contributed by atoms with E-state index in [0.717, 1.165) is 11.3 Å². The highest BCUT2D eigenvalue weighted by Gasteiger charge is 2.08. The normalized spacial score (nSPS) is 10.6. The van der Waals surface area contributed by atoms with Crippen molar-refractivity contribution in [1.29, 1.82) is 0 Å². The Morgan fingerprint density at radius 1 is 1.11 bits per heavy atom. The molecule has 2 rings (SSSR count). The number of nitrogen functional groups attached to an aromatic ring is 1. The van der Waals surface area contributed by atoms with Crippen molar-refractivity contribution in [1.82, 2.24) is 4.57 Å². The van der Waals surface area contributed by atoms with Gasteiger partial charge in [0.1, 0.15) is 0 Å². The molecule has 1 heterocycles. The van der Waals surface area contributed by atoms with Gasteiger partial charge in [-0.15, -0.1) is 0 Å². The van der Waals surface area contributed by atoms with Crippen molar-refractivity contribution < 1.29 is 0 Å². The van der Waals surface area contributed by atoms with E-state index in [1.54, 1.807) is 10.6 Å². The average Bonchev–Trinajstić information content (AvgIpc) is 2.36. The fraction of sp³-hybridized carbons (Fsp3) is 0.267. The maximum atomic E-state index is 12.0. The SMILES string of the molecule is CCn1c(-c2ccc(C)c(C)c2)ccc(N)c1=O. The minimum absolute atomic E-state index is 0.117. The molecule has 2 aromatic rings. The van der Waals surface area contributed by atoms with Crippen LogP contribution in [0, 0.1) is 13.8 Å². The molecule has 0 spiro atoms. The van der Waals surface area contributed by atoms with Crippen LogP contribution in [-0.2, 0) is 6.54 Å². The second-order valence-electron chi connectivity index (χ2n) is 4.52. The fourth-order valence-electron chi connectivity index (χ4n) is 2.06. The van der Waals surface area contributed by atoms with Crippen LogP contribution in [0.5, 0.6) is 0 Å². The molecular formula is C15H18N2O. The van der Waals surface area contributed by atoms with E-state index in [1.807, 2.05) is 19.1 Å². The first kappa shape index (κ1) is 12.4. The zero-order chi connectivity index (χ0) is 13.3. The predicted octanol–water partition coefficient (Wildman–Crippen LogP) is 2.73. The predicted molar refractivity (Wildman–Crippen MR) is 75.7 cm³/mol. The van der Waals surface area contributed by atoms with Crippen LogP contribution < -0.4 is 11.3 Å². The van der Waals surface area contributed by atoms with Crippen LogP contribution >= 0.6 is 0 Å². The smallest absolute Gasteiger partial charge is 0.274 e. The number of anilines is 1. The Hall–Kier alpha value is -2.03. The van der Waals surface area contributed by atoms with Gasteiger partial charge in [0.2, 0.25) is 0 Å². The zero-order valence-electron chi connectivity index (χ0n) is 11.0. The lowest BCUT2D eigenvalue weighted by atomic mass is 10.0. The highest BCUT2D eigenvalue weighted by atomic mass is 16.1. The number of rotatable bonds is 2. The van der Waals surface area contributed by atoms with Gasteiger partial charge in [-0.2, -0.15) is 0 Å². The first-order chi connectivity index (χ1) is 8.54. The molecule has 2 N–H and O–H groups in total. The summed E-state index contributed by atoms with van der Waals surface area (Å²) >= 11 is 0. The van der Waals surface area contributed by atoms with Crippen LogP contribution in [0.4, 0.5) is 5.69 Å². The van der Waals surface area contributed by atoms with Crippen molar-refractivity contribution in [3.63, 3.8) is 0 Å². The van der Waals surface area contributed by atoms with Crippen LogP contribution in [0.2, 0.25) is 0 Å². The molecule has 0 unspecified atom stereocenters. The van der Waals surface area contributed by atoms with Crippen LogP contribution in [-0.4, -0.2) is 4.57 Å². The van der Waals surface area contributed by atoms with Gasteiger partial charge in [0.25, 0.3) is 5.56 Å². The minimum Gasteiger partial charge on any atom is -0.394 e. The van der Waals surface area contributed by atoms with Gasteiger partial charge in [-0.1, -0.05) is 12.1 Å². The molecule has 18 heavy (non-hydrogen) atoms. The molecule has 0 aliphatic heterocycles. The standard InChI is InChI=1S/C15H18N2O/c1-4-17-14(8-7-13(16)15(17)18)12-6-5-10(2)11(3)9-12/h5-9H,4,16H2,1-3H3. The topological polar surface area (TPSA) is 48.0 Å². The van der Waals surface area contributed by atoms with Crippen molar-refractivity contribution >= 4 is 5.69 Å². The first-order valence-corrected chi connectivity index (χ1v) is 6.11. The molecule has 3 nitrogen and oxygen atoms in total. The molecule has 0 saturated heterocycles. The Kier molecular flexibility index (Phi) is 3.24. The molecular weight excluding hydrogens is 224 g/mol. The van der Waals surface area contributed by atoms with Gasteiger partial charge in [0.05, 0.1) is 11.4 Å². The first-order valence-electron chi connectivity index (χ1n) is 6.11. The Bertz CT molecular complexity index is 641. The van der Waals surface area contributed by atoms with Gasteiger partial charge < -0.3 is 10.3 Å². The number of benzene rings is 1. The van der Waals surface area contributed by atoms with Crippen molar-refractivity contribution in [3.8, 4) is 11.3 Å². The lowest BCUT2D eigenvalue weighted by molar-refractivity contribution is 0.738. The number of nitrogens with two attached hydrogens (primary N) is 1. The average molecular weight is 242 g/mol. The lowest BCUT2D eigenvalue weighted by Gasteiger charge is -2.13. The molecule has 0 radical (unpaired) electrons. The van der Waals surface area contributed by atoms with Crippen molar-refractivity contribution in [2.24, 2.45) is 0 Å². The van der Waals surface area contributed by atoms with Crippen LogP contribution in [0.3, 0.4) is 0 Å². The van der Waals surface area contributed by atoms with E-state index in [1.165, 1.54) is 11.1 Å². The number of pyridine rings is 1. The second-order valence-corrected chi connectivity index (χ2v) is 4.52. The summed E-state index contributed by atoms with van der Waals surface area (Å²) in [5.74, 6) is 0. The van der Waals surface area contributed by atoms with Crippen LogP contribution in [0.25, 0.3) is 11.3 Å². The van der Waals surface area contributed by atoms with Gasteiger partial charge in [-0.3, -0.25) is 4.79 Å². The molecule has 1 aromatic carbocycles. The summed E-state index contributed by atoms with van der Waals surface area (Å²) in [7, 11) is 0. The summed E-state index contributed by atoms with van der Waals surface area (Å²) in [4.78, 5) is 12.0. The summed E-state index contributed by atoms with van der Waals surface area (Å²) in [5.41, 5.74) is 10.3. The highest BCUT2D eigenvalue weighted by Crippen LogP contribution is 2.21. The number of aromatic nitrogens is 1. The van der Waals surface area contributed by atoms with Gasteiger partial charge in [0.15, 0.2) is 0 Å². The summed E-state index contributed by atoms with van der Waals surface area (Å²) in [6.45, 7) is 6.72. The Balaban J connectivity index is 2.67. The minimum atomic E-state index is -0.117. The van der Waals surface area contributed by atoms with Crippen LogP contribution in [0.1, 0.15) is 18.1 Å². The highest BCUT2D eigenvalue weighted by molar-refractivity contribution is 5.63. The number of hydrogen-bond acceptors (Lipinski definition) is 2. The van der Waals surface area contributed by atoms with Gasteiger partial charge in [0, 0.05) is 6.54 Å². The summed E-state index contributed by atoms with van der Waals surface area (Å²) < 4.78 is 1.71. The van der Waals surface area contributed by atoms with Crippen molar-refractivity contribution in [3.05, 3.63) is 51.8 Å². The van der Waals surface area contributed by atoms with Gasteiger partial charge >= 0.3 is 0 Å². The second kappa shape index (κ2) is 4.69. The lowest BCUT2D eigenvalue weighted by Crippen LogP contribution is -2.23. The monoisotopic (exact) mass is 242 g/mol. The van der Waals surface area contributed by atoms with Crippen LogP contribution in [0.15, 0.2) is 35.1 Å². The largest absolute Gasteiger partial charge is 0.394 e. The molecule has 0 aliphatic rings. The molecule has 0 bridgehead atoms. The van der Waals surface area contributed by atoms with E-state index in [9.17, 15) is 4.79 Å². The van der Waals surface area contributed by atoms with E-state index in [4.69, 9.17) is 5.73 Å². The molecule has 94 valence electrons. The maximum absolute atomic E-state index is 12.0. The molecule has 0 amide bonds. The van der Waals surface area contributed by atoms with E-state index >= 15 is 0 Å². The van der Waals surface area contributed by atoms with Gasteiger partial charge in [-0.05, 0) is 55.7 Å². The third-order valence-electron chi connectivity index (χ3n) is 3.32. The molecule has 0 fully saturated rings. The Morgan fingerprint density at radius 2 is 1.83 bits per heavy atom. The Morgan fingerprint density at radius 3 is 2.44 bits per heavy atom. The molecule has 0 saturated carbocycles. The third-order valence-corrected chi connectivity index (χ3v) is 3.32. The van der Waals surface area contributed by atoms with Gasteiger partial charge in [-0.25, -0.2) is 0 Å². The summed E-state index contributed by atoms with van der Waals surface area (Å²) in [6, 6.07) is 9.81. The summed E-state index contributed by atoms with van der Waals surface area (Å²) in [6.07, 6.45) is 0. The van der Waals surface area contributed by atoms with Crippen molar-refractivity contribution in [2.45, 2.75) is 27.3 Å².